The molecule has 0 atom stereocenters. The standard InChI is InChI=1S/C14H21N3O2/c15-8-14(9-16)3-5-17(6-4-14)11-1-2-12-13(7-11)19-10-18-12/h1-2,7H,3-6,8-10,15-16H2. The van der Waals surface area contributed by atoms with Gasteiger partial charge in [-0.2, -0.15) is 0 Å². The molecule has 5 nitrogen and oxygen atoms in total. The van der Waals surface area contributed by atoms with Crippen LogP contribution in [0.2, 0.25) is 0 Å². The lowest BCUT2D eigenvalue weighted by atomic mass is 9.78. The third-order valence-electron chi connectivity index (χ3n) is 4.41. The maximum Gasteiger partial charge on any atom is 0.231 e. The number of nitrogens with zero attached hydrogens (tertiary/aromatic N) is 1. The van der Waals surface area contributed by atoms with Crippen LogP contribution >= 0.6 is 0 Å². The summed E-state index contributed by atoms with van der Waals surface area (Å²) >= 11 is 0. The first-order valence-corrected chi connectivity index (χ1v) is 6.81. The largest absolute Gasteiger partial charge is 0.454 e. The van der Waals surface area contributed by atoms with Crippen LogP contribution < -0.4 is 25.8 Å². The number of anilines is 1. The third-order valence-corrected chi connectivity index (χ3v) is 4.41. The van der Waals surface area contributed by atoms with Crippen molar-refractivity contribution in [2.75, 3.05) is 37.9 Å². The number of hydrogen-bond donors (Lipinski definition) is 2. The van der Waals surface area contributed by atoms with Gasteiger partial charge in [0.15, 0.2) is 11.5 Å². The predicted octanol–water partition coefficient (Wildman–Crippen LogP) is 0.919. The lowest BCUT2D eigenvalue weighted by Crippen LogP contribution is -2.47. The molecule has 0 spiro atoms. The molecule has 1 aromatic rings. The molecule has 0 saturated carbocycles. The number of ether oxygens (including phenoxy) is 2. The van der Waals surface area contributed by atoms with Crippen LogP contribution in [-0.4, -0.2) is 33.0 Å². The second-order valence-corrected chi connectivity index (χ2v) is 5.43. The third kappa shape index (κ3) is 2.24. The van der Waals surface area contributed by atoms with Gasteiger partial charge >= 0.3 is 0 Å². The quantitative estimate of drug-likeness (QED) is 0.848. The second-order valence-electron chi connectivity index (χ2n) is 5.43. The van der Waals surface area contributed by atoms with Crippen LogP contribution in [0.4, 0.5) is 5.69 Å². The smallest absolute Gasteiger partial charge is 0.231 e. The molecule has 4 N–H and O–H groups in total. The molecule has 5 heteroatoms. The number of nitrogens with two attached hydrogens (primary N) is 2. The van der Waals surface area contributed by atoms with Crippen molar-refractivity contribution in [2.45, 2.75) is 12.8 Å². The van der Waals surface area contributed by atoms with Gasteiger partial charge in [-0.3, -0.25) is 0 Å². The molecule has 2 heterocycles. The summed E-state index contributed by atoms with van der Waals surface area (Å²) in [6.45, 7) is 3.67. The molecular weight excluding hydrogens is 242 g/mol. The Hall–Kier alpha value is -1.46. The molecule has 0 bridgehead atoms. The fourth-order valence-corrected chi connectivity index (χ4v) is 2.81. The van der Waals surface area contributed by atoms with E-state index in [1.165, 1.54) is 5.69 Å². The number of rotatable bonds is 3. The van der Waals surface area contributed by atoms with E-state index in [1.54, 1.807) is 0 Å². The lowest BCUT2D eigenvalue weighted by Gasteiger charge is -2.41. The van der Waals surface area contributed by atoms with Crippen LogP contribution in [0.5, 0.6) is 11.5 Å². The van der Waals surface area contributed by atoms with Crippen molar-refractivity contribution >= 4 is 5.69 Å². The Kier molecular flexibility index (Phi) is 3.24. The van der Waals surface area contributed by atoms with Gasteiger partial charge in [0.1, 0.15) is 0 Å². The average Bonchev–Trinajstić information content (AvgIpc) is 2.95. The summed E-state index contributed by atoms with van der Waals surface area (Å²) < 4.78 is 10.8. The SMILES string of the molecule is NCC1(CN)CCN(c2ccc3c(c2)OCO3)CC1. The summed E-state index contributed by atoms with van der Waals surface area (Å²) in [5, 5.41) is 0. The Balaban J connectivity index is 1.72. The summed E-state index contributed by atoms with van der Waals surface area (Å²) in [6, 6.07) is 6.12. The molecule has 1 fully saturated rings. The molecule has 104 valence electrons. The Labute approximate surface area is 113 Å². The number of piperidine rings is 1. The van der Waals surface area contributed by atoms with Gasteiger partial charge in [0, 0.05) is 24.8 Å². The van der Waals surface area contributed by atoms with E-state index in [0.717, 1.165) is 37.4 Å². The van der Waals surface area contributed by atoms with Crippen molar-refractivity contribution in [2.24, 2.45) is 16.9 Å². The minimum absolute atomic E-state index is 0.132. The highest BCUT2D eigenvalue weighted by Crippen LogP contribution is 2.37. The minimum atomic E-state index is 0.132. The summed E-state index contributed by atoms with van der Waals surface area (Å²) in [5.41, 5.74) is 13.1. The van der Waals surface area contributed by atoms with Crippen LogP contribution in [0.3, 0.4) is 0 Å². The minimum Gasteiger partial charge on any atom is -0.454 e. The van der Waals surface area contributed by atoms with Crippen LogP contribution in [0.25, 0.3) is 0 Å². The van der Waals surface area contributed by atoms with Crippen molar-refractivity contribution in [1.29, 1.82) is 0 Å². The molecule has 19 heavy (non-hydrogen) atoms. The van der Waals surface area contributed by atoms with E-state index in [-0.39, 0.29) is 5.41 Å². The van der Waals surface area contributed by atoms with Crippen molar-refractivity contribution in [3.63, 3.8) is 0 Å². The Morgan fingerprint density at radius 3 is 2.42 bits per heavy atom. The highest BCUT2D eigenvalue weighted by molar-refractivity contribution is 5.57. The average molecular weight is 263 g/mol. The molecule has 1 saturated heterocycles. The van der Waals surface area contributed by atoms with E-state index >= 15 is 0 Å². The molecule has 1 aromatic carbocycles. The zero-order valence-corrected chi connectivity index (χ0v) is 11.1. The number of hydrogen-bond acceptors (Lipinski definition) is 5. The molecular formula is C14H21N3O2. The van der Waals surface area contributed by atoms with Gasteiger partial charge in [-0.05, 0) is 43.5 Å². The van der Waals surface area contributed by atoms with Crippen LogP contribution in [-0.2, 0) is 0 Å². The van der Waals surface area contributed by atoms with Gasteiger partial charge in [-0.15, -0.1) is 0 Å². The zero-order valence-electron chi connectivity index (χ0n) is 11.1. The van der Waals surface area contributed by atoms with E-state index in [0.29, 0.717) is 19.9 Å². The Bertz CT molecular complexity index is 450. The van der Waals surface area contributed by atoms with Gasteiger partial charge in [0.05, 0.1) is 0 Å². The summed E-state index contributed by atoms with van der Waals surface area (Å²) in [6.07, 6.45) is 2.10. The van der Waals surface area contributed by atoms with Crippen LogP contribution in [0.15, 0.2) is 18.2 Å². The molecule has 2 aliphatic rings. The highest BCUT2D eigenvalue weighted by Gasteiger charge is 2.32. The number of benzene rings is 1. The Morgan fingerprint density at radius 2 is 1.74 bits per heavy atom. The monoisotopic (exact) mass is 263 g/mol. The first-order chi connectivity index (χ1) is 9.26. The molecule has 0 aliphatic carbocycles. The maximum atomic E-state index is 5.87. The van der Waals surface area contributed by atoms with E-state index in [9.17, 15) is 0 Å². The van der Waals surface area contributed by atoms with Crippen molar-refractivity contribution in [1.82, 2.24) is 0 Å². The molecule has 0 radical (unpaired) electrons. The predicted molar refractivity (Wildman–Crippen MR) is 74.6 cm³/mol. The topological polar surface area (TPSA) is 73.7 Å². The fourth-order valence-electron chi connectivity index (χ4n) is 2.81. The lowest BCUT2D eigenvalue weighted by molar-refractivity contribution is 0.174. The normalized spacial score (nSPS) is 20.6. The van der Waals surface area contributed by atoms with E-state index in [2.05, 4.69) is 17.0 Å². The first-order valence-electron chi connectivity index (χ1n) is 6.81. The number of fused-ring (bicyclic) bond motifs is 1. The van der Waals surface area contributed by atoms with Crippen molar-refractivity contribution < 1.29 is 9.47 Å². The summed E-state index contributed by atoms with van der Waals surface area (Å²) in [7, 11) is 0. The first kappa shape index (κ1) is 12.6. The zero-order chi connectivity index (χ0) is 13.3. The summed E-state index contributed by atoms with van der Waals surface area (Å²) in [4.78, 5) is 2.37. The van der Waals surface area contributed by atoms with E-state index in [4.69, 9.17) is 20.9 Å². The van der Waals surface area contributed by atoms with Crippen LogP contribution in [0.1, 0.15) is 12.8 Å². The molecule has 0 amide bonds. The van der Waals surface area contributed by atoms with Gasteiger partial charge in [-0.1, -0.05) is 0 Å². The second kappa shape index (κ2) is 4.90. The van der Waals surface area contributed by atoms with Gasteiger partial charge < -0.3 is 25.8 Å². The van der Waals surface area contributed by atoms with E-state index < -0.39 is 0 Å². The van der Waals surface area contributed by atoms with Gasteiger partial charge in [-0.25, -0.2) is 0 Å². The molecule has 0 aromatic heterocycles. The molecule has 2 aliphatic heterocycles. The summed E-state index contributed by atoms with van der Waals surface area (Å²) in [5.74, 6) is 1.67. The molecule has 3 rings (SSSR count). The fraction of sp³-hybridized carbons (Fsp3) is 0.571. The van der Waals surface area contributed by atoms with Crippen molar-refractivity contribution in [3.8, 4) is 11.5 Å². The maximum absolute atomic E-state index is 5.87. The van der Waals surface area contributed by atoms with Crippen molar-refractivity contribution in [3.05, 3.63) is 18.2 Å². The van der Waals surface area contributed by atoms with Crippen LogP contribution in [0, 0.1) is 5.41 Å². The van der Waals surface area contributed by atoms with Gasteiger partial charge in [0.25, 0.3) is 0 Å². The van der Waals surface area contributed by atoms with Gasteiger partial charge in [0.2, 0.25) is 6.79 Å². The molecule has 0 unspecified atom stereocenters. The highest BCUT2D eigenvalue weighted by atomic mass is 16.7. The van der Waals surface area contributed by atoms with E-state index in [1.807, 2.05) is 6.07 Å². The Morgan fingerprint density at radius 1 is 1.05 bits per heavy atom.